The summed E-state index contributed by atoms with van der Waals surface area (Å²) >= 11 is 0. The number of aromatic nitrogens is 2. The fourth-order valence-corrected chi connectivity index (χ4v) is 7.99. The third-order valence-corrected chi connectivity index (χ3v) is 10.4. The Morgan fingerprint density at radius 2 is 0.868 bits per heavy atom. The number of hydrogen-bond donors (Lipinski definition) is 0. The van der Waals surface area contributed by atoms with Gasteiger partial charge < -0.3 is 4.90 Å². The summed E-state index contributed by atoms with van der Waals surface area (Å²) in [5.41, 5.74) is 10.3. The molecule has 248 valence electrons. The molecule has 0 aliphatic heterocycles. The number of benzene rings is 8. The molecule has 8 aromatic carbocycles. The van der Waals surface area contributed by atoms with E-state index in [1.54, 1.807) is 0 Å². The summed E-state index contributed by atoms with van der Waals surface area (Å²) in [6.45, 7) is 0. The van der Waals surface area contributed by atoms with Crippen molar-refractivity contribution in [2.75, 3.05) is 4.90 Å². The highest BCUT2D eigenvalue weighted by atomic mass is 15.1. The average molecular weight is 676 g/mol. The number of anilines is 3. The Labute approximate surface area is 308 Å². The molecule has 0 aliphatic rings. The van der Waals surface area contributed by atoms with Gasteiger partial charge in [0.25, 0.3) is 0 Å². The summed E-state index contributed by atoms with van der Waals surface area (Å²) in [6.07, 6.45) is 7.62. The first kappa shape index (κ1) is 30.7. The molecule has 0 fully saturated rings. The largest absolute Gasteiger partial charge is 0.308 e. The van der Waals surface area contributed by atoms with Gasteiger partial charge in [-0.05, 0) is 96.0 Å². The lowest BCUT2D eigenvalue weighted by molar-refractivity contribution is 1.25. The van der Waals surface area contributed by atoms with Crippen molar-refractivity contribution in [3.8, 4) is 33.4 Å². The Hall–Kier alpha value is -7.10. The summed E-state index contributed by atoms with van der Waals surface area (Å²) in [5, 5.41) is 9.73. The van der Waals surface area contributed by atoms with Crippen molar-refractivity contribution in [3.63, 3.8) is 0 Å². The lowest BCUT2D eigenvalue weighted by Gasteiger charge is -2.27. The molecule has 10 rings (SSSR count). The van der Waals surface area contributed by atoms with Crippen LogP contribution in [0.3, 0.4) is 0 Å². The minimum atomic E-state index is 1.03. The van der Waals surface area contributed by atoms with E-state index in [0.717, 1.165) is 39.0 Å². The van der Waals surface area contributed by atoms with Gasteiger partial charge in [0.2, 0.25) is 0 Å². The van der Waals surface area contributed by atoms with Gasteiger partial charge in [0.1, 0.15) is 0 Å². The van der Waals surface area contributed by atoms with E-state index >= 15 is 0 Å². The Balaban J connectivity index is 1.15. The Bertz CT molecular complexity index is 2870. The van der Waals surface area contributed by atoms with E-state index < -0.39 is 0 Å². The Morgan fingerprint density at radius 3 is 1.51 bits per heavy atom. The van der Waals surface area contributed by atoms with Crippen molar-refractivity contribution < 1.29 is 0 Å². The third-order valence-electron chi connectivity index (χ3n) is 10.4. The fourth-order valence-electron chi connectivity index (χ4n) is 7.99. The number of nitrogens with zero attached hydrogens (tertiary/aromatic N) is 3. The summed E-state index contributed by atoms with van der Waals surface area (Å²) in [6, 6.07) is 63.4. The molecule has 0 aliphatic carbocycles. The van der Waals surface area contributed by atoms with Gasteiger partial charge in [-0.1, -0.05) is 146 Å². The van der Waals surface area contributed by atoms with Crippen molar-refractivity contribution in [2.45, 2.75) is 0 Å². The second-order valence-electron chi connectivity index (χ2n) is 13.4. The zero-order valence-corrected chi connectivity index (χ0v) is 28.9. The second-order valence-corrected chi connectivity index (χ2v) is 13.4. The van der Waals surface area contributed by atoms with Crippen LogP contribution in [0.15, 0.2) is 201 Å². The van der Waals surface area contributed by atoms with E-state index in [1.807, 2.05) is 30.9 Å². The second kappa shape index (κ2) is 12.9. The van der Waals surface area contributed by atoms with Crippen LogP contribution in [-0.4, -0.2) is 9.97 Å². The third kappa shape index (κ3) is 5.30. The Morgan fingerprint density at radius 1 is 0.321 bits per heavy atom. The summed E-state index contributed by atoms with van der Waals surface area (Å²) in [5.74, 6) is 0. The van der Waals surface area contributed by atoms with Crippen molar-refractivity contribution in [1.29, 1.82) is 0 Å². The normalized spacial score (nSPS) is 11.4. The van der Waals surface area contributed by atoms with E-state index in [-0.39, 0.29) is 0 Å². The highest BCUT2D eigenvalue weighted by Gasteiger charge is 2.20. The van der Waals surface area contributed by atoms with Gasteiger partial charge >= 0.3 is 0 Å². The maximum atomic E-state index is 4.69. The van der Waals surface area contributed by atoms with Crippen LogP contribution < -0.4 is 4.90 Å². The number of hydrogen-bond acceptors (Lipinski definition) is 3. The topological polar surface area (TPSA) is 29.0 Å². The zero-order chi connectivity index (χ0) is 35.1. The minimum Gasteiger partial charge on any atom is -0.308 e. The first-order chi connectivity index (χ1) is 26.3. The maximum Gasteiger partial charge on any atom is 0.0723 e. The van der Waals surface area contributed by atoms with Crippen molar-refractivity contribution in [1.82, 2.24) is 9.97 Å². The standard InChI is InChI=1S/C50H33N3/c1-3-15-41-35(11-1)13-9-21-43(41)50-46-19-7-5-17-44(46)49(45-18-6-8-20-47(45)50)36-24-28-40(29-25-36)53(48-33-52-32-38-12-2-4-16-42(38)48)39-26-22-34(23-27-39)37-14-10-30-51-31-37/h1-33H. The van der Waals surface area contributed by atoms with Gasteiger partial charge in [-0.15, -0.1) is 0 Å². The molecule has 0 N–H and O–H groups in total. The van der Waals surface area contributed by atoms with Crippen LogP contribution in [0.1, 0.15) is 0 Å². The van der Waals surface area contributed by atoms with Crippen LogP contribution in [0.2, 0.25) is 0 Å². The molecule has 0 saturated heterocycles. The van der Waals surface area contributed by atoms with Gasteiger partial charge in [0, 0.05) is 40.7 Å². The molecule has 3 nitrogen and oxygen atoms in total. The van der Waals surface area contributed by atoms with E-state index in [2.05, 4.69) is 185 Å². The molecule has 10 aromatic rings. The molecule has 53 heavy (non-hydrogen) atoms. The molecule has 2 heterocycles. The zero-order valence-electron chi connectivity index (χ0n) is 28.9. The van der Waals surface area contributed by atoms with E-state index in [1.165, 1.54) is 54.6 Å². The molecule has 0 saturated carbocycles. The minimum absolute atomic E-state index is 1.03. The predicted octanol–water partition coefficient (Wildman–Crippen LogP) is 13.6. The fraction of sp³-hybridized carbons (Fsp3) is 0. The average Bonchev–Trinajstić information content (AvgIpc) is 3.24. The van der Waals surface area contributed by atoms with Crippen molar-refractivity contribution in [2.24, 2.45) is 0 Å². The Kier molecular flexibility index (Phi) is 7.47. The van der Waals surface area contributed by atoms with Crippen LogP contribution in [0.5, 0.6) is 0 Å². The lowest BCUT2D eigenvalue weighted by atomic mass is 9.85. The van der Waals surface area contributed by atoms with Crippen LogP contribution >= 0.6 is 0 Å². The summed E-state index contributed by atoms with van der Waals surface area (Å²) in [7, 11) is 0. The molecular weight excluding hydrogens is 643 g/mol. The predicted molar refractivity (Wildman–Crippen MR) is 223 cm³/mol. The molecule has 2 aromatic heterocycles. The van der Waals surface area contributed by atoms with E-state index in [4.69, 9.17) is 0 Å². The maximum absolute atomic E-state index is 4.69. The molecule has 0 unspecified atom stereocenters. The van der Waals surface area contributed by atoms with E-state index in [0.29, 0.717) is 0 Å². The molecule has 0 amide bonds. The van der Waals surface area contributed by atoms with Crippen LogP contribution in [-0.2, 0) is 0 Å². The number of rotatable bonds is 6. The van der Waals surface area contributed by atoms with Gasteiger partial charge in [0.05, 0.1) is 11.9 Å². The van der Waals surface area contributed by atoms with Crippen molar-refractivity contribution >= 4 is 60.2 Å². The van der Waals surface area contributed by atoms with Gasteiger partial charge in [-0.2, -0.15) is 0 Å². The molecule has 0 radical (unpaired) electrons. The summed E-state index contributed by atoms with van der Waals surface area (Å²) in [4.78, 5) is 11.3. The lowest BCUT2D eigenvalue weighted by Crippen LogP contribution is -2.10. The number of pyridine rings is 2. The van der Waals surface area contributed by atoms with E-state index in [9.17, 15) is 0 Å². The smallest absolute Gasteiger partial charge is 0.0723 e. The van der Waals surface area contributed by atoms with Gasteiger partial charge in [0.15, 0.2) is 0 Å². The highest BCUT2D eigenvalue weighted by molar-refractivity contribution is 6.23. The first-order valence-corrected chi connectivity index (χ1v) is 18.0. The molecule has 0 spiro atoms. The van der Waals surface area contributed by atoms with Gasteiger partial charge in [-0.3, -0.25) is 9.97 Å². The first-order valence-electron chi connectivity index (χ1n) is 18.0. The number of fused-ring (bicyclic) bond motifs is 4. The molecule has 0 atom stereocenters. The van der Waals surface area contributed by atoms with Crippen LogP contribution in [0, 0.1) is 0 Å². The molecule has 0 bridgehead atoms. The monoisotopic (exact) mass is 675 g/mol. The van der Waals surface area contributed by atoms with Crippen LogP contribution in [0.4, 0.5) is 17.1 Å². The van der Waals surface area contributed by atoms with Gasteiger partial charge in [-0.25, -0.2) is 0 Å². The quantitative estimate of drug-likeness (QED) is 0.164. The SMILES string of the molecule is c1cncc(-c2ccc(N(c3ccc(-c4c5ccccc5c(-c5cccc6ccccc56)c5ccccc45)cc3)c3cncc4ccccc34)cc2)c1. The molecule has 3 heteroatoms. The molecular formula is C50H33N3. The van der Waals surface area contributed by atoms with Crippen molar-refractivity contribution in [3.05, 3.63) is 201 Å². The van der Waals surface area contributed by atoms with Crippen LogP contribution in [0.25, 0.3) is 76.5 Å². The highest BCUT2D eigenvalue weighted by Crippen LogP contribution is 2.46. The summed E-state index contributed by atoms with van der Waals surface area (Å²) < 4.78 is 0.